The maximum absolute atomic E-state index is 12.6. The summed E-state index contributed by atoms with van der Waals surface area (Å²) in [6.07, 6.45) is 1.85. The first-order chi connectivity index (χ1) is 14.1. The number of hydrogen-bond donors (Lipinski definition) is 1. The van der Waals surface area contributed by atoms with Crippen molar-refractivity contribution in [3.8, 4) is 5.75 Å². The molecule has 0 atom stereocenters. The molecule has 29 heavy (non-hydrogen) atoms. The first kappa shape index (κ1) is 22.4. The van der Waals surface area contributed by atoms with E-state index >= 15 is 0 Å². The Morgan fingerprint density at radius 3 is 2.00 bits per heavy atom. The van der Waals surface area contributed by atoms with Crippen molar-refractivity contribution in [2.75, 3.05) is 38.7 Å². The van der Waals surface area contributed by atoms with Gasteiger partial charge in [0.25, 0.3) is 11.8 Å². The molecule has 1 N–H and O–H groups in total. The molecule has 0 aliphatic rings. The van der Waals surface area contributed by atoms with Gasteiger partial charge in [-0.25, -0.2) is 0 Å². The molecule has 0 aliphatic heterocycles. The third-order valence-corrected chi connectivity index (χ3v) is 4.34. The molecule has 0 heterocycles. The number of carbonyl (C=O) groups excluding carboxylic acids is 2. The van der Waals surface area contributed by atoms with Crippen LogP contribution in [0.3, 0.4) is 0 Å². The minimum Gasteiger partial charge on any atom is -0.491 e. The molecule has 0 saturated heterocycles. The van der Waals surface area contributed by atoms with Gasteiger partial charge in [0, 0.05) is 37.0 Å². The Bertz CT molecular complexity index is 766. The fourth-order valence-corrected chi connectivity index (χ4v) is 2.88. The van der Waals surface area contributed by atoms with E-state index in [0.717, 1.165) is 25.9 Å². The average Bonchev–Trinajstić information content (AvgIpc) is 2.74. The van der Waals surface area contributed by atoms with Crippen molar-refractivity contribution in [2.24, 2.45) is 0 Å². The lowest BCUT2D eigenvalue weighted by molar-refractivity contribution is 0.0755. The molecular weight excluding hydrogens is 368 g/mol. The number of methoxy groups -OCH3 is 1. The predicted molar refractivity (Wildman–Crippen MR) is 115 cm³/mol. The first-order valence-corrected chi connectivity index (χ1v) is 10.0. The summed E-state index contributed by atoms with van der Waals surface area (Å²) >= 11 is 0. The highest BCUT2D eigenvalue weighted by Gasteiger charge is 2.14. The smallest absolute Gasteiger partial charge is 0.255 e. The summed E-state index contributed by atoms with van der Waals surface area (Å²) < 4.78 is 10.4. The molecule has 2 rings (SSSR count). The van der Waals surface area contributed by atoms with Crippen molar-refractivity contribution in [1.82, 2.24) is 4.90 Å². The van der Waals surface area contributed by atoms with Crippen LogP contribution in [0.15, 0.2) is 48.5 Å². The van der Waals surface area contributed by atoms with Crippen LogP contribution in [0.2, 0.25) is 0 Å². The van der Waals surface area contributed by atoms with Gasteiger partial charge in [0.1, 0.15) is 12.4 Å². The Hall–Kier alpha value is -2.86. The molecule has 2 aromatic rings. The summed E-state index contributed by atoms with van der Waals surface area (Å²) in [5.41, 5.74) is 1.80. The van der Waals surface area contributed by atoms with Crippen LogP contribution in [0.4, 0.5) is 5.69 Å². The van der Waals surface area contributed by atoms with Crippen LogP contribution >= 0.6 is 0 Å². The second-order valence-corrected chi connectivity index (χ2v) is 6.69. The van der Waals surface area contributed by atoms with E-state index in [4.69, 9.17) is 9.47 Å². The van der Waals surface area contributed by atoms with E-state index in [2.05, 4.69) is 19.2 Å². The van der Waals surface area contributed by atoms with Crippen LogP contribution in [0, 0.1) is 0 Å². The van der Waals surface area contributed by atoms with E-state index in [-0.39, 0.29) is 11.8 Å². The number of ether oxygens (including phenoxy) is 2. The second kappa shape index (κ2) is 11.9. The van der Waals surface area contributed by atoms with Gasteiger partial charge in [-0.05, 0) is 61.4 Å². The summed E-state index contributed by atoms with van der Waals surface area (Å²) in [7, 11) is 1.62. The molecule has 0 aromatic heterocycles. The Morgan fingerprint density at radius 2 is 1.45 bits per heavy atom. The standard InChI is InChI=1S/C23H30N2O4/c1-4-14-25(15-5-2)23(27)19-6-10-20(11-7-19)24-22(26)18-8-12-21(13-9-18)29-17-16-28-3/h6-13H,4-5,14-17H2,1-3H3,(H,24,26). The van der Waals surface area contributed by atoms with Crippen LogP contribution in [0.1, 0.15) is 47.4 Å². The molecule has 6 nitrogen and oxygen atoms in total. The zero-order valence-electron chi connectivity index (χ0n) is 17.4. The Kier molecular flexibility index (Phi) is 9.18. The SMILES string of the molecule is CCCN(CCC)C(=O)c1ccc(NC(=O)c2ccc(OCCOC)cc2)cc1. The van der Waals surface area contributed by atoms with Crippen LogP contribution in [-0.4, -0.2) is 50.1 Å². The average molecular weight is 399 g/mol. The molecule has 0 spiro atoms. The lowest BCUT2D eigenvalue weighted by Gasteiger charge is -2.21. The van der Waals surface area contributed by atoms with Gasteiger partial charge in [0.2, 0.25) is 0 Å². The summed E-state index contributed by atoms with van der Waals surface area (Å²) in [6.45, 7) is 6.59. The second-order valence-electron chi connectivity index (χ2n) is 6.69. The number of carbonyl (C=O) groups is 2. The number of rotatable bonds is 11. The Morgan fingerprint density at radius 1 is 0.862 bits per heavy atom. The quantitative estimate of drug-likeness (QED) is 0.575. The van der Waals surface area contributed by atoms with E-state index in [1.807, 2.05) is 4.90 Å². The van der Waals surface area contributed by atoms with Gasteiger partial charge < -0.3 is 19.7 Å². The highest BCUT2D eigenvalue weighted by atomic mass is 16.5. The van der Waals surface area contributed by atoms with E-state index in [1.165, 1.54) is 0 Å². The van der Waals surface area contributed by atoms with E-state index in [1.54, 1.807) is 55.6 Å². The normalized spacial score (nSPS) is 10.4. The van der Waals surface area contributed by atoms with Gasteiger partial charge >= 0.3 is 0 Å². The van der Waals surface area contributed by atoms with E-state index in [0.29, 0.717) is 35.8 Å². The minimum atomic E-state index is -0.217. The van der Waals surface area contributed by atoms with Crippen molar-refractivity contribution in [3.05, 3.63) is 59.7 Å². The maximum Gasteiger partial charge on any atom is 0.255 e. The molecule has 0 unspecified atom stereocenters. The predicted octanol–water partition coefficient (Wildman–Crippen LogP) is 4.23. The summed E-state index contributed by atoms with van der Waals surface area (Å²) in [6, 6.07) is 13.9. The van der Waals surface area contributed by atoms with E-state index in [9.17, 15) is 9.59 Å². The number of nitrogens with one attached hydrogen (secondary N) is 1. The van der Waals surface area contributed by atoms with Crippen LogP contribution < -0.4 is 10.1 Å². The molecule has 2 amide bonds. The lowest BCUT2D eigenvalue weighted by atomic mass is 10.1. The molecule has 0 radical (unpaired) electrons. The minimum absolute atomic E-state index is 0.0237. The lowest BCUT2D eigenvalue weighted by Crippen LogP contribution is -2.32. The zero-order valence-corrected chi connectivity index (χ0v) is 17.4. The molecular formula is C23H30N2O4. The van der Waals surface area contributed by atoms with Gasteiger partial charge in [0.05, 0.1) is 6.61 Å². The number of benzene rings is 2. The van der Waals surface area contributed by atoms with Gasteiger partial charge in [-0.15, -0.1) is 0 Å². The molecule has 156 valence electrons. The highest BCUT2D eigenvalue weighted by molar-refractivity contribution is 6.04. The van der Waals surface area contributed by atoms with Gasteiger partial charge in [-0.3, -0.25) is 9.59 Å². The van der Waals surface area contributed by atoms with Crippen molar-refractivity contribution in [3.63, 3.8) is 0 Å². The van der Waals surface area contributed by atoms with Gasteiger partial charge in [-0.2, -0.15) is 0 Å². The van der Waals surface area contributed by atoms with Crippen LogP contribution in [-0.2, 0) is 4.74 Å². The molecule has 6 heteroatoms. The molecule has 2 aromatic carbocycles. The van der Waals surface area contributed by atoms with Gasteiger partial charge in [-0.1, -0.05) is 13.8 Å². The highest BCUT2D eigenvalue weighted by Crippen LogP contribution is 2.16. The Balaban J connectivity index is 1.96. The topological polar surface area (TPSA) is 67.9 Å². The van der Waals surface area contributed by atoms with Gasteiger partial charge in [0.15, 0.2) is 0 Å². The summed E-state index contributed by atoms with van der Waals surface area (Å²) in [4.78, 5) is 26.9. The monoisotopic (exact) mass is 398 g/mol. The third-order valence-electron chi connectivity index (χ3n) is 4.34. The van der Waals surface area contributed by atoms with Crippen molar-refractivity contribution in [1.29, 1.82) is 0 Å². The fourth-order valence-electron chi connectivity index (χ4n) is 2.88. The van der Waals surface area contributed by atoms with Crippen LogP contribution in [0.25, 0.3) is 0 Å². The number of anilines is 1. The number of hydrogen-bond acceptors (Lipinski definition) is 4. The van der Waals surface area contributed by atoms with Crippen LogP contribution in [0.5, 0.6) is 5.75 Å². The first-order valence-electron chi connectivity index (χ1n) is 10.0. The molecule has 0 bridgehead atoms. The van der Waals surface area contributed by atoms with Crippen molar-refractivity contribution < 1.29 is 19.1 Å². The maximum atomic E-state index is 12.6. The molecule has 0 aliphatic carbocycles. The number of amides is 2. The third kappa shape index (κ3) is 6.91. The van der Waals surface area contributed by atoms with E-state index < -0.39 is 0 Å². The Labute approximate surface area is 172 Å². The molecule has 0 saturated carbocycles. The number of nitrogens with zero attached hydrogens (tertiary/aromatic N) is 1. The largest absolute Gasteiger partial charge is 0.491 e. The molecule has 0 fully saturated rings. The van der Waals surface area contributed by atoms with Crippen molar-refractivity contribution >= 4 is 17.5 Å². The summed E-state index contributed by atoms with van der Waals surface area (Å²) in [5, 5.41) is 2.85. The summed E-state index contributed by atoms with van der Waals surface area (Å²) in [5.74, 6) is 0.493. The fraction of sp³-hybridized carbons (Fsp3) is 0.391. The van der Waals surface area contributed by atoms with Crippen molar-refractivity contribution in [2.45, 2.75) is 26.7 Å². The zero-order chi connectivity index (χ0) is 21.1.